The minimum atomic E-state index is -1.34. The third-order valence-electron chi connectivity index (χ3n) is 0.991. The summed E-state index contributed by atoms with van der Waals surface area (Å²) < 4.78 is 0. The second kappa shape index (κ2) is 4.44. The maximum Gasteiger partial charge on any atom is 2.00 e. The monoisotopic (exact) mass is 198 g/mol. The van der Waals surface area contributed by atoms with Crippen LogP contribution in [0.5, 0.6) is 0 Å². The molecule has 1 aromatic heterocycles. The summed E-state index contributed by atoms with van der Waals surface area (Å²) in [5, 5.41) is 8.31. The molecule has 0 atom stereocenters. The Kier molecular flexibility index (Phi) is 4.22. The van der Waals surface area contributed by atoms with Gasteiger partial charge in [0.25, 0.3) is 5.56 Å². The number of nitrogens with one attached hydrogen (secondary N) is 2. The first-order chi connectivity index (χ1) is 5.09. The summed E-state index contributed by atoms with van der Waals surface area (Å²) in [6.07, 6.45) is 0. The Morgan fingerprint density at radius 3 is 2.42 bits per heavy atom. The van der Waals surface area contributed by atoms with Gasteiger partial charge in [-0.25, -0.2) is 9.59 Å². The van der Waals surface area contributed by atoms with Gasteiger partial charge in [-0.05, 0) is 0 Å². The predicted molar refractivity (Wildman–Crippen MR) is 42.6 cm³/mol. The fraction of sp³-hybridized carbons (Fsp3) is 0. The average Bonchev–Trinajstić information content (AvgIpc) is 1.85. The molecule has 0 fully saturated rings. The van der Waals surface area contributed by atoms with E-state index in [2.05, 4.69) is 0 Å². The molecule has 1 rings (SSSR count). The first-order valence-electron chi connectivity index (χ1n) is 2.66. The van der Waals surface area contributed by atoms with E-state index >= 15 is 0 Å². The molecule has 3 N–H and O–H groups in total. The van der Waals surface area contributed by atoms with Crippen LogP contribution < -0.4 is 11.2 Å². The maximum atomic E-state index is 10.5. The van der Waals surface area contributed by atoms with Crippen molar-refractivity contribution in [2.75, 3.05) is 0 Å². The van der Waals surface area contributed by atoms with Gasteiger partial charge in [-0.15, -0.1) is 0 Å². The molecule has 0 saturated heterocycles. The summed E-state index contributed by atoms with van der Waals surface area (Å²) in [6, 6.07) is 0.795. The smallest absolute Gasteiger partial charge is 1.00 e. The van der Waals surface area contributed by atoms with Crippen LogP contribution >= 0.6 is 0 Å². The predicted octanol–water partition coefficient (Wildman–Crippen LogP) is -1.39. The van der Waals surface area contributed by atoms with E-state index < -0.39 is 22.9 Å². The molecule has 0 unspecified atom stereocenters. The van der Waals surface area contributed by atoms with Crippen molar-refractivity contribution in [1.29, 1.82) is 0 Å². The van der Waals surface area contributed by atoms with E-state index in [0.29, 0.717) is 0 Å². The Morgan fingerprint density at radius 2 is 2.00 bits per heavy atom. The van der Waals surface area contributed by atoms with Crippen LogP contribution in [0.1, 0.15) is 13.3 Å². The largest absolute Gasteiger partial charge is 2.00 e. The molecular formula is C5H6CaN2O4. The number of rotatable bonds is 1. The molecule has 62 valence electrons. The van der Waals surface area contributed by atoms with Crippen LogP contribution in [0.15, 0.2) is 15.7 Å². The molecule has 0 bridgehead atoms. The van der Waals surface area contributed by atoms with Crippen molar-refractivity contribution in [3.8, 4) is 0 Å². The summed E-state index contributed by atoms with van der Waals surface area (Å²) in [5.74, 6) is -1.34. The average molecular weight is 198 g/mol. The van der Waals surface area contributed by atoms with Crippen molar-refractivity contribution < 1.29 is 12.8 Å². The van der Waals surface area contributed by atoms with Crippen molar-refractivity contribution in [1.82, 2.24) is 9.97 Å². The molecule has 0 saturated carbocycles. The molecule has 0 aromatic carbocycles. The first kappa shape index (κ1) is 11.4. The van der Waals surface area contributed by atoms with E-state index in [1.54, 1.807) is 0 Å². The molecular weight excluding hydrogens is 192 g/mol. The van der Waals surface area contributed by atoms with Crippen LogP contribution in [0.25, 0.3) is 0 Å². The van der Waals surface area contributed by atoms with Crippen molar-refractivity contribution >= 4 is 43.7 Å². The zero-order valence-electron chi connectivity index (χ0n) is 7.96. The van der Waals surface area contributed by atoms with Gasteiger partial charge in [0.05, 0.1) is 0 Å². The summed E-state index contributed by atoms with van der Waals surface area (Å²) in [6.45, 7) is 0. The van der Waals surface area contributed by atoms with Gasteiger partial charge in [-0.3, -0.25) is 9.78 Å². The van der Waals surface area contributed by atoms with Gasteiger partial charge in [0.2, 0.25) is 0 Å². The summed E-state index contributed by atoms with van der Waals surface area (Å²) in [7, 11) is 0. The van der Waals surface area contributed by atoms with Crippen molar-refractivity contribution in [2.24, 2.45) is 0 Å². The van der Waals surface area contributed by atoms with E-state index in [9.17, 15) is 14.4 Å². The topological polar surface area (TPSA) is 103 Å². The molecule has 0 spiro atoms. The van der Waals surface area contributed by atoms with E-state index in [1.807, 2.05) is 9.97 Å². The number of aromatic nitrogens is 2. The zero-order valence-corrected chi connectivity index (χ0v) is 8.16. The van der Waals surface area contributed by atoms with Crippen LogP contribution in [0.3, 0.4) is 0 Å². The first-order valence-corrected chi connectivity index (χ1v) is 2.66. The number of carbonyl (C=O) groups is 1. The molecule has 7 heteroatoms. The van der Waals surface area contributed by atoms with Crippen molar-refractivity contribution in [2.45, 2.75) is 0 Å². The fourth-order valence-corrected chi connectivity index (χ4v) is 0.584. The van der Waals surface area contributed by atoms with Gasteiger partial charge in [-0.1, -0.05) is 0 Å². The molecule has 12 heavy (non-hydrogen) atoms. The van der Waals surface area contributed by atoms with Crippen LogP contribution in [-0.4, -0.2) is 58.8 Å². The third-order valence-corrected chi connectivity index (χ3v) is 0.991. The van der Waals surface area contributed by atoms with Crippen LogP contribution in [0.4, 0.5) is 0 Å². The van der Waals surface area contributed by atoms with E-state index in [-0.39, 0.29) is 40.6 Å². The zero-order chi connectivity index (χ0) is 8.43. The molecule has 6 nitrogen and oxygen atoms in total. The van der Waals surface area contributed by atoms with E-state index in [1.165, 1.54) is 0 Å². The van der Waals surface area contributed by atoms with Crippen molar-refractivity contribution in [3.05, 3.63) is 32.6 Å². The molecule has 0 aliphatic heterocycles. The third kappa shape index (κ3) is 2.80. The normalized spacial score (nSPS) is 8.67. The molecule has 1 heterocycles. The minimum Gasteiger partial charge on any atom is -1.00 e. The fourth-order valence-electron chi connectivity index (χ4n) is 0.584. The molecule has 0 aliphatic rings. The number of carboxylic acid groups (broad SMARTS) is 1. The Bertz CT molecular complexity index is 373. The van der Waals surface area contributed by atoms with Gasteiger partial charge < -0.3 is 12.9 Å². The SMILES string of the molecule is O=C(O)c1cc(=O)[nH]c(=O)[nH]1.[Ca+2].[H-].[H-]. The summed E-state index contributed by atoms with van der Waals surface area (Å²) >= 11 is 0. The summed E-state index contributed by atoms with van der Waals surface area (Å²) in [5.41, 5.74) is -1.97. The van der Waals surface area contributed by atoms with Gasteiger partial charge >= 0.3 is 49.4 Å². The number of hydrogen-bond donors (Lipinski definition) is 3. The number of carboxylic acids is 1. The quantitative estimate of drug-likeness (QED) is 0.483. The standard InChI is InChI=1S/C5H4N2O4.Ca.2H/c8-3-1-2(4(9)10)6-5(11)7-3;;;/h1H,(H,9,10)(H2,6,7,8,11);;;/q;+2;2*-1. The van der Waals surface area contributed by atoms with Gasteiger partial charge in [-0.2, -0.15) is 0 Å². The molecule has 0 amide bonds. The second-order valence-electron chi connectivity index (χ2n) is 1.81. The second-order valence-corrected chi connectivity index (χ2v) is 1.81. The van der Waals surface area contributed by atoms with Crippen LogP contribution in [0.2, 0.25) is 0 Å². The number of aromatic carboxylic acids is 1. The van der Waals surface area contributed by atoms with Crippen LogP contribution in [0, 0.1) is 0 Å². The number of aromatic amines is 2. The Morgan fingerprint density at radius 1 is 1.42 bits per heavy atom. The molecule has 0 aliphatic carbocycles. The van der Waals surface area contributed by atoms with Gasteiger partial charge in [0, 0.05) is 6.07 Å². The number of hydrogen-bond acceptors (Lipinski definition) is 3. The van der Waals surface area contributed by atoms with E-state index in [0.717, 1.165) is 6.07 Å². The van der Waals surface area contributed by atoms with E-state index in [4.69, 9.17) is 5.11 Å². The number of H-pyrrole nitrogens is 2. The van der Waals surface area contributed by atoms with Crippen LogP contribution in [-0.2, 0) is 0 Å². The molecule has 0 radical (unpaired) electrons. The van der Waals surface area contributed by atoms with Gasteiger partial charge in [0.15, 0.2) is 0 Å². The molecule has 1 aromatic rings. The summed E-state index contributed by atoms with van der Waals surface area (Å²) in [4.78, 5) is 34.9. The maximum absolute atomic E-state index is 10.5. The minimum absolute atomic E-state index is 0. The Hall–Kier alpha value is -0.590. The van der Waals surface area contributed by atoms with Gasteiger partial charge in [0.1, 0.15) is 5.69 Å². The Labute approximate surface area is 98.6 Å². The Balaban J connectivity index is -0.000000403. The van der Waals surface area contributed by atoms with Crippen molar-refractivity contribution in [3.63, 3.8) is 0 Å².